The fourth-order valence-corrected chi connectivity index (χ4v) is 3.64. The number of imidazole rings is 1. The number of unbranched alkanes of at least 4 members (excludes halogenated alkanes) is 1. The highest BCUT2D eigenvalue weighted by molar-refractivity contribution is 5.91. The van der Waals surface area contributed by atoms with E-state index in [9.17, 15) is 4.79 Å². The molecule has 0 aliphatic carbocycles. The molecule has 5 heteroatoms. The molecule has 1 amide bonds. The zero-order chi connectivity index (χ0) is 17.6. The highest BCUT2D eigenvalue weighted by Crippen LogP contribution is 2.23. The van der Waals surface area contributed by atoms with E-state index in [1.165, 1.54) is 57.6 Å². The smallest absolute Gasteiger partial charge is 0.221 e. The first-order chi connectivity index (χ1) is 12.2. The highest BCUT2D eigenvalue weighted by atomic mass is 16.1. The minimum absolute atomic E-state index is 0.0467. The number of fused-ring (bicyclic) bond motifs is 1. The fraction of sp³-hybridized carbons (Fsp3) is 0.600. The van der Waals surface area contributed by atoms with Crippen LogP contribution in [0.4, 0.5) is 5.69 Å². The van der Waals surface area contributed by atoms with Gasteiger partial charge in [-0.25, -0.2) is 4.98 Å². The maximum Gasteiger partial charge on any atom is 0.221 e. The summed E-state index contributed by atoms with van der Waals surface area (Å²) in [6, 6.07) is 6.06. The lowest BCUT2D eigenvalue weighted by Crippen LogP contribution is -2.26. The number of hydrogen-bond donors (Lipinski definition) is 1. The molecule has 0 unspecified atom stereocenters. The number of likely N-dealkylation sites (tertiary alicyclic amines) is 1. The summed E-state index contributed by atoms with van der Waals surface area (Å²) in [5.74, 6) is 1.11. The van der Waals surface area contributed by atoms with Crippen molar-refractivity contribution >= 4 is 22.6 Å². The number of benzene rings is 1. The summed E-state index contributed by atoms with van der Waals surface area (Å²) in [4.78, 5) is 18.8. The Bertz CT molecular complexity index is 714. The molecule has 5 nitrogen and oxygen atoms in total. The topological polar surface area (TPSA) is 50.2 Å². The molecule has 0 bridgehead atoms. The number of carbonyl (C=O) groups is 1. The quantitative estimate of drug-likeness (QED) is 0.857. The molecule has 3 rings (SSSR count). The number of aromatic nitrogens is 2. The van der Waals surface area contributed by atoms with Crippen LogP contribution in [0.25, 0.3) is 11.0 Å². The van der Waals surface area contributed by atoms with Gasteiger partial charge in [-0.15, -0.1) is 0 Å². The van der Waals surface area contributed by atoms with Gasteiger partial charge in [0.05, 0.1) is 17.6 Å². The molecule has 1 N–H and O–H groups in total. The Morgan fingerprint density at radius 2 is 1.96 bits per heavy atom. The van der Waals surface area contributed by atoms with Gasteiger partial charge in [-0.3, -0.25) is 9.69 Å². The van der Waals surface area contributed by atoms with Gasteiger partial charge in [0.15, 0.2) is 0 Å². The van der Waals surface area contributed by atoms with Crippen LogP contribution in [-0.2, 0) is 17.9 Å². The van der Waals surface area contributed by atoms with E-state index < -0.39 is 0 Å². The number of anilines is 1. The third-order valence-electron chi connectivity index (χ3n) is 4.95. The largest absolute Gasteiger partial charge is 0.327 e. The van der Waals surface area contributed by atoms with E-state index >= 15 is 0 Å². The van der Waals surface area contributed by atoms with Gasteiger partial charge in [0, 0.05) is 19.2 Å². The van der Waals surface area contributed by atoms with Crippen LogP contribution >= 0.6 is 0 Å². The molecule has 2 heterocycles. The molecule has 2 aromatic rings. The van der Waals surface area contributed by atoms with Crippen LogP contribution in [0.15, 0.2) is 18.2 Å². The maximum atomic E-state index is 11.3. The second-order valence-corrected chi connectivity index (χ2v) is 7.11. The Morgan fingerprint density at radius 3 is 2.64 bits per heavy atom. The lowest BCUT2D eigenvalue weighted by Gasteiger charge is -2.20. The first kappa shape index (κ1) is 17.9. The monoisotopic (exact) mass is 342 g/mol. The van der Waals surface area contributed by atoms with Crippen molar-refractivity contribution in [1.29, 1.82) is 0 Å². The average Bonchev–Trinajstić information content (AvgIpc) is 2.73. The number of rotatable bonds is 6. The molecule has 1 aliphatic rings. The lowest BCUT2D eigenvalue weighted by atomic mass is 10.2. The number of hydrogen-bond acceptors (Lipinski definition) is 3. The van der Waals surface area contributed by atoms with Gasteiger partial charge >= 0.3 is 0 Å². The maximum absolute atomic E-state index is 11.3. The van der Waals surface area contributed by atoms with Gasteiger partial charge in [0.2, 0.25) is 5.91 Å². The summed E-state index contributed by atoms with van der Waals surface area (Å²) in [6.07, 6.45) is 7.62. The van der Waals surface area contributed by atoms with Gasteiger partial charge in [-0.2, -0.15) is 0 Å². The summed E-state index contributed by atoms with van der Waals surface area (Å²) in [5.41, 5.74) is 2.97. The zero-order valence-corrected chi connectivity index (χ0v) is 15.6. The predicted molar refractivity (Wildman–Crippen MR) is 103 cm³/mol. The highest BCUT2D eigenvalue weighted by Gasteiger charge is 2.16. The molecule has 1 aliphatic heterocycles. The van der Waals surface area contributed by atoms with E-state index in [1.807, 2.05) is 12.1 Å². The summed E-state index contributed by atoms with van der Waals surface area (Å²) in [6.45, 7) is 8.04. The van der Waals surface area contributed by atoms with E-state index in [4.69, 9.17) is 4.98 Å². The lowest BCUT2D eigenvalue weighted by molar-refractivity contribution is -0.114. The Balaban J connectivity index is 1.89. The van der Waals surface area contributed by atoms with Crippen LogP contribution in [0.3, 0.4) is 0 Å². The standard InChI is InChI=1S/C20H30N4O/c1-3-4-13-24-19-10-9-17(21-16(2)25)14-18(19)22-20(24)15-23-11-7-5-6-8-12-23/h9-10,14H,3-8,11-13,15H2,1-2H3,(H,21,25). The summed E-state index contributed by atoms with van der Waals surface area (Å²) >= 11 is 0. The molecule has 0 saturated carbocycles. The third kappa shape index (κ3) is 4.60. The van der Waals surface area contributed by atoms with Crippen LogP contribution in [0.1, 0.15) is 58.2 Å². The second-order valence-electron chi connectivity index (χ2n) is 7.11. The predicted octanol–water partition coefficient (Wildman–Crippen LogP) is 4.17. The Hall–Kier alpha value is -1.88. The Labute approximate surface area is 150 Å². The van der Waals surface area contributed by atoms with Gasteiger partial charge < -0.3 is 9.88 Å². The van der Waals surface area contributed by atoms with Crippen molar-refractivity contribution in [1.82, 2.24) is 14.5 Å². The van der Waals surface area contributed by atoms with Crippen LogP contribution in [-0.4, -0.2) is 33.4 Å². The molecular formula is C20H30N4O. The molecule has 25 heavy (non-hydrogen) atoms. The Morgan fingerprint density at radius 1 is 1.20 bits per heavy atom. The minimum atomic E-state index is -0.0467. The first-order valence-corrected chi connectivity index (χ1v) is 9.66. The van der Waals surface area contributed by atoms with Crippen molar-refractivity contribution in [2.24, 2.45) is 0 Å². The van der Waals surface area contributed by atoms with Crippen molar-refractivity contribution in [3.63, 3.8) is 0 Å². The number of amides is 1. The molecule has 0 atom stereocenters. The van der Waals surface area contributed by atoms with E-state index in [2.05, 4.69) is 27.8 Å². The van der Waals surface area contributed by atoms with Crippen molar-refractivity contribution in [2.75, 3.05) is 18.4 Å². The van der Waals surface area contributed by atoms with E-state index in [0.29, 0.717) is 0 Å². The molecule has 0 radical (unpaired) electrons. The third-order valence-corrected chi connectivity index (χ3v) is 4.95. The molecule has 1 saturated heterocycles. The van der Waals surface area contributed by atoms with Gasteiger partial charge in [0.1, 0.15) is 5.82 Å². The van der Waals surface area contributed by atoms with E-state index in [0.717, 1.165) is 36.5 Å². The van der Waals surface area contributed by atoms with Gasteiger partial charge in [-0.1, -0.05) is 26.2 Å². The summed E-state index contributed by atoms with van der Waals surface area (Å²) in [5, 5.41) is 2.86. The number of carbonyl (C=O) groups excluding carboxylic acids is 1. The Kier molecular flexibility index (Phi) is 6.08. The zero-order valence-electron chi connectivity index (χ0n) is 15.6. The van der Waals surface area contributed by atoms with Crippen LogP contribution < -0.4 is 5.32 Å². The van der Waals surface area contributed by atoms with Crippen molar-refractivity contribution in [3.8, 4) is 0 Å². The van der Waals surface area contributed by atoms with E-state index in [-0.39, 0.29) is 5.91 Å². The van der Waals surface area contributed by atoms with Crippen LogP contribution in [0, 0.1) is 0 Å². The van der Waals surface area contributed by atoms with E-state index in [1.54, 1.807) is 0 Å². The molecular weight excluding hydrogens is 312 g/mol. The summed E-state index contributed by atoms with van der Waals surface area (Å²) < 4.78 is 2.38. The van der Waals surface area contributed by atoms with Crippen molar-refractivity contribution < 1.29 is 4.79 Å². The number of nitrogens with zero attached hydrogens (tertiary/aromatic N) is 3. The minimum Gasteiger partial charge on any atom is -0.327 e. The average molecular weight is 342 g/mol. The van der Waals surface area contributed by atoms with Crippen molar-refractivity contribution in [3.05, 3.63) is 24.0 Å². The van der Waals surface area contributed by atoms with Crippen LogP contribution in [0.2, 0.25) is 0 Å². The number of nitrogens with one attached hydrogen (secondary N) is 1. The van der Waals surface area contributed by atoms with Gasteiger partial charge in [0.25, 0.3) is 0 Å². The molecule has 0 spiro atoms. The first-order valence-electron chi connectivity index (χ1n) is 9.66. The van der Waals surface area contributed by atoms with Crippen molar-refractivity contribution in [2.45, 2.75) is 65.5 Å². The van der Waals surface area contributed by atoms with Gasteiger partial charge in [-0.05, 0) is 50.6 Å². The normalized spacial score (nSPS) is 16.1. The molecule has 1 aromatic heterocycles. The SMILES string of the molecule is CCCCn1c(CN2CCCCCC2)nc2cc(NC(C)=O)ccc21. The molecule has 1 aromatic carbocycles. The second kappa shape index (κ2) is 8.48. The molecule has 1 fully saturated rings. The number of aryl methyl sites for hydroxylation is 1. The van der Waals surface area contributed by atoms with Crippen LogP contribution in [0.5, 0.6) is 0 Å². The fourth-order valence-electron chi connectivity index (χ4n) is 3.64. The molecule has 136 valence electrons. The summed E-state index contributed by atoms with van der Waals surface area (Å²) in [7, 11) is 0.